The molecule has 5 nitrogen and oxygen atoms in total. The summed E-state index contributed by atoms with van der Waals surface area (Å²) in [7, 11) is 2.65. The average molecular weight is 203 g/mol. The number of nitrogens with zero attached hydrogens (tertiary/aromatic N) is 1. The molecule has 0 saturated carbocycles. The number of carboxylic acid groups (broad SMARTS) is 1. The quantitative estimate of drug-likeness (QED) is 0.745. The third-order valence-corrected chi connectivity index (χ3v) is 1.91. The van der Waals surface area contributed by atoms with Crippen molar-refractivity contribution in [3.05, 3.63) is 0 Å². The normalized spacial score (nSPS) is 12.4. The Morgan fingerprint density at radius 1 is 1.43 bits per heavy atom. The van der Waals surface area contributed by atoms with Crippen LogP contribution in [0.15, 0.2) is 0 Å². The van der Waals surface area contributed by atoms with E-state index in [1.807, 2.05) is 13.8 Å². The smallest absolute Gasteiger partial charge is 0.409 e. The molecule has 1 N–H and O–H groups in total. The minimum Gasteiger partial charge on any atom is -0.480 e. The number of rotatable bonds is 4. The second kappa shape index (κ2) is 5.47. The van der Waals surface area contributed by atoms with Gasteiger partial charge in [0.25, 0.3) is 0 Å². The van der Waals surface area contributed by atoms with Crippen LogP contribution < -0.4 is 0 Å². The van der Waals surface area contributed by atoms with Crippen LogP contribution in [0.25, 0.3) is 0 Å². The average Bonchev–Trinajstić information content (AvgIpc) is 2.11. The standard InChI is InChI=1S/C9H17NO4/c1-6(2)5-7(8(11)12)10(3)9(13)14-4/h6-7H,5H2,1-4H3,(H,11,12). The van der Waals surface area contributed by atoms with Crippen LogP contribution in [0, 0.1) is 5.92 Å². The molecule has 0 aromatic carbocycles. The van der Waals surface area contributed by atoms with E-state index in [2.05, 4.69) is 4.74 Å². The zero-order valence-electron chi connectivity index (χ0n) is 8.98. The van der Waals surface area contributed by atoms with Gasteiger partial charge >= 0.3 is 12.1 Å². The van der Waals surface area contributed by atoms with Crippen LogP contribution in [0.3, 0.4) is 0 Å². The Morgan fingerprint density at radius 3 is 2.21 bits per heavy atom. The number of amides is 1. The van der Waals surface area contributed by atoms with Gasteiger partial charge in [0, 0.05) is 7.05 Å². The SMILES string of the molecule is COC(=O)N(C)C(CC(C)C)C(=O)O. The second-order valence-electron chi connectivity index (χ2n) is 3.56. The lowest BCUT2D eigenvalue weighted by Crippen LogP contribution is -2.43. The van der Waals surface area contributed by atoms with Crippen LogP contribution in [0.4, 0.5) is 4.79 Å². The molecule has 0 radical (unpaired) electrons. The molecule has 82 valence electrons. The molecule has 14 heavy (non-hydrogen) atoms. The van der Waals surface area contributed by atoms with E-state index in [-0.39, 0.29) is 5.92 Å². The highest BCUT2D eigenvalue weighted by Gasteiger charge is 2.27. The van der Waals surface area contributed by atoms with Gasteiger partial charge in [-0.3, -0.25) is 4.90 Å². The predicted octanol–water partition coefficient (Wildman–Crippen LogP) is 1.18. The van der Waals surface area contributed by atoms with Crippen molar-refractivity contribution >= 4 is 12.1 Å². The Bertz CT molecular complexity index is 215. The van der Waals surface area contributed by atoms with Gasteiger partial charge in [-0.15, -0.1) is 0 Å². The van der Waals surface area contributed by atoms with Gasteiger partial charge in [-0.2, -0.15) is 0 Å². The van der Waals surface area contributed by atoms with Crippen LogP contribution >= 0.6 is 0 Å². The number of hydrogen-bond donors (Lipinski definition) is 1. The summed E-state index contributed by atoms with van der Waals surface area (Å²) in [5.41, 5.74) is 0. The first-order chi connectivity index (χ1) is 6.40. The lowest BCUT2D eigenvalue weighted by molar-refractivity contribution is -0.142. The fraction of sp³-hybridized carbons (Fsp3) is 0.778. The maximum Gasteiger partial charge on any atom is 0.409 e. The van der Waals surface area contributed by atoms with Crippen molar-refractivity contribution in [3.63, 3.8) is 0 Å². The molecule has 1 atom stereocenters. The van der Waals surface area contributed by atoms with Crippen LogP contribution in [-0.4, -0.2) is 42.3 Å². The van der Waals surface area contributed by atoms with Gasteiger partial charge in [-0.1, -0.05) is 13.8 Å². The summed E-state index contributed by atoms with van der Waals surface area (Å²) in [6.45, 7) is 3.81. The Labute approximate surface area is 83.6 Å². The van der Waals surface area contributed by atoms with E-state index in [1.165, 1.54) is 14.2 Å². The fourth-order valence-electron chi connectivity index (χ4n) is 1.14. The van der Waals surface area contributed by atoms with Crippen molar-refractivity contribution in [1.29, 1.82) is 0 Å². The maximum atomic E-state index is 11.1. The first-order valence-electron chi connectivity index (χ1n) is 4.43. The van der Waals surface area contributed by atoms with Gasteiger partial charge in [0.15, 0.2) is 0 Å². The maximum absolute atomic E-state index is 11.1. The number of carbonyl (C=O) groups is 2. The van der Waals surface area contributed by atoms with E-state index in [1.54, 1.807) is 0 Å². The largest absolute Gasteiger partial charge is 0.480 e. The van der Waals surface area contributed by atoms with E-state index in [4.69, 9.17) is 5.11 Å². The first kappa shape index (κ1) is 12.7. The summed E-state index contributed by atoms with van der Waals surface area (Å²) in [6.07, 6.45) is -0.209. The second-order valence-corrected chi connectivity index (χ2v) is 3.56. The number of likely N-dealkylation sites (N-methyl/N-ethyl adjacent to an activating group) is 1. The van der Waals surface area contributed by atoms with Gasteiger partial charge in [0.1, 0.15) is 6.04 Å². The third-order valence-electron chi connectivity index (χ3n) is 1.91. The number of carbonyl (C=O) groups excluding carboxylic acids is 1. The lowest BCUT2D eigenvalue weighted by atomic mass is 10.0. The van der Waals surface area contributed by atoms with E-state index >= 15 is 0 Å². The molecule has 0 heterocycles. The molecule has 0 aliphatic rings. The van der Waals surface area contributed by atoms with Crippen molar-refractivity contribution in [2.45, 2.75) is 26.3 Å². The Hall–Kier alpha value is -1.26. The minimum atomic E-state index is -1.01. The van der Waals surface area contributed by atoms with Crippen molar-refractivity contribution in [3.8, 4) is 0 Å². The van der Waals surface area contributed by atoms with Crippen LogP contribution in [0.5, 0.6) is 0 Å². The summed E-state index contributed by atoms with van der Waals surface area (Å²) >= 11 is 0. The number of carboxylic acids is 1. The topological polar surface area (TPSA) is 66.8 Å². The number of aliphatic carboxylic acids is 1. The highest BCUT2D eigenvalue weighted by molar-refractivity contribution is 5.79. The molecule has 0 aliphatic heterocycles. The Morgan fingerprint density at radius 2 is 1.93 bits per heavy atom. The molecule has 0 saturated heterocycles. The zero-order chi connectivity index (χ0) is 11.3. The summed E-state index contributed by atoms with van der Waals surface area (Å²) < 4.78 is 4.45. The van der Waals surface area contributed by atoms with Crippen LogP contribution in [0.2, 0.25) is 0 Å². The summed E-state index contributed by atoms with van der Waals surface area (Å²) in [5, 5.41) is 8.89. The predicted molar refractivity (Wildman–Crippen MR) is 51.0 cm³/mol. The summed E-state index contributed by atoms with van der Waals surface area (Å²) in [5.74, 6) is -0.796. The molecule has 1 amide bonds. The van der Waals surface area contributed by atoms with Gasteiger partial charge in [-0.25, -0.2) is 9.59 Å². The molecular formula is C9H17NO4. The van der Waals surface area contributed by atoms with Crippen LogP contribution in [-0.2, 0) is 9.53 Å². The molecule has 0 spiro atoms. The molecule has 0 aromatic rings. The van der Waals surface area contributed by atoms with Gasteiger partial charge in [-0.05, 0) is 12.3 Å². The van der Waals surface area contributed by atoms with E-state index < -0.39 is 18.1 Å². The fourth-order valence-corrected chi connectivity index (χ4v) is 1.14. The summed E-state index contributed by atoms with van der Waals surface area (Å²) in [4.78, 5) is 23.0. The lowest BCUT2D eigenvalue weighted by Gasteiger charge is -2.24. The monoisotopic (exact) mass is 203 g/mol. The first-order valence-corrected chi connectivity index (χ1v) is 4.43. The highest BCUT2D eigenvalue weighted by Crippen LogP contribution is 2.11. The van der Waals surface area contributed by atoms with Crippen LogP contribution in [0.1, 0.15) is 20.3 Å². The Kier molecular flexibility index (Phi) is 4.97. The van der Waals surface area contributed by atoms with Crippen molar-refractivity contribution in [2.75, 3.05) is 14.2 Å². The molecule has 0 bridgehead atoms. The van der Waals surface area contributed by atoms with E-state index in [9.17, 15) is 9.59 Å². The zero-order valence-corrected chi connectivity index (χ0v) is 8.98. The van der Waals surface area contributed by atoms with E-state index in [0.717, 1.165) is 4.90 Å². The molecular weight excluding hydrogens is 186 g/mol. The number of methoxy groups -OCH3 is 1. The highest BCUT2D eigenvalue weighted by atomic mass is 16.5. The van der Waals surface area contributed by atoms with Crippen molar-refractivity contribution in [2.24, 2.45) is 5.92 Å². The molecule has 0 aliphatic carbocycles. The van der Waals surface area contributed by atoms with Gasteiger partial charge in [0.05, 0.1) is 7.11 Å². The molecule has 0 fully saturated rings. The van der Waals surface area contributed by atoms with Gasteiger partial charge in [0.2, 0.25) is 0 Å². The number of ether oxygens (including phenoxy) is 1. The summed E-state index contributed by atoms with van der Waals surface area (Å²) in [6, 6.07) is -0.817. The number of hydrogen-bond acceptors (Lipinski definition) is 3. The molecule has 0 aromatic heterocycles. The molecule has 5 heteroatoms. The van der Waals surface area contributed by atoms with Crippen molar-refractivity contribution < 1.29 is 19.4 Å². The Balaban J connectivity index is 4.48. The third kappa shape index (κ3) is 3.64. The van der Waals surface area contributed by atoms with E-state index in [0.29, 0.717) is 6.42 Å². The molecule has 0 rings (SSSR count). The van der Waals surface area contributed by atoms with Gasteiger partial charge < -0.3 is 9.84 Å². The van der Waals surface area contributed by atoms with Crippen molar-refractivity contribution in [1.82, 2.24) is 4.90 Å². The molecule has 1 unspecified atom stereocenters. The minimum absolute atomic E-state index is 0.211.